The highest BCUT2D eigenvalue weighted by molar-refractivity contribution is 5.96. The van der Waals surface area contributed by atoms with Gasteiger partial charge in [0.1, 0.15) is 0 Å². The number of H-pyrrole nitrogens is 1. The Hall–Kier alpha value is -2.23. The molecule has 0 aliphatic rings. The number of fused-ring (bicyclic) bond motifs is 1. The van der Waals surface area contributed by atoms with E-state index in [0.717, 1.165) is 22.2 Å². The molecule has 0 bridgehead atoms. The van der Waals surface area contributed by atoms with E-state index < -0.39 is 0 Å². The van der Waals surface area contributed by atoms with E-state index in [1.54, 1.807) is 6.07 Å². The van der Waals surface area contributed by atoms with E-state index in [0.29, 0.717) is 17.5 Å². The van der Waals surface area contributed by atoms with Crippen molar-refractivity contribution in [2.75, 3.05) is 5.73 Å². The minimum absolute atomic E-state index is 0.406. The number of benzene rings is 1. The molecule has 3 N–H and O–H groups in total. The van der Waals surface area contributed by atoms with Crippen molar-refractivity contribution in [2.45, 2.75) is 26.7 Å². The third kappa shape index (κ3) is 1.89. The number of aryl methyl sites for hydroxylation is 1. The van der Waals surface area contributed by atoms with Crippen molar-refractivity contribution >= 4 is 16.7 Å². The lowest BCUT2D eigenvalue weighted by Gasteiger charge is -2.05. The maximum atomic E-state index is 5.64. The summed E-state index contributed by atoms with van der Waals surface area (Å²) < 4.78 is 5.30. The minimum atomic E-state index is 0.406. The van der Waals surface area contributed by atoms with Gasteiger partial charge in [0.05, 0.1) is 0 Å². The summed E-state index contributed by atoms with van der Waals surface area (Å²) in [7, 11) is 0. The number of aromatic amines is 1. The normalized spacial score (nSPS) is 11.6. The second-order valence-corrected chi connectivity index (χ2v) is 5.20. The van der Waals surface area contributed by atoms with Crippen LogP contribution in [0.15, 0.2) is 28.8 Å². The van der Waals surface area contributed by atoms with Crippen molar-refractivity contribution in [3.05, 3.63) is 35.5 Å². The largest absolute Gasteiger partial charge is 0.381 e. The zero-order valence-electron chi connectivity index (χ0n) is 11.3. The molecule has 0 spiro atoms. The van der Waals surface area contributed by atoms with Gasteiger partial charge in [0.2, 0.25) is 0 Å². The zero-order valence-corrected chi connectivity index (χ0v) is 11.3. The third-order valence-electron chi connectivity index (χ3n) is 3.45. The molecule has 4 heteroatoms. The number of nitrogens with one attached hydrogen (secondary N) is 1. The Morgan fingerprint density at radius 3 is 2.68 bits per heavy atom. The van der Waals surface area contributed by atoms with E-state index in [9.17, 15) is 0 Å². The number of nitrogen functional groups attached to an aromatic ring is 1. The van der Waals surface area contributed by atoms with Crippen LogP contribution in [0.4, 0.5) is 5.82 Å². The highest BCUT2D eigenvalue weighted by Crippen LogP contribution is 2.34. The van der Waals surface area contributed by atoms with E-state index in [1.165, 1.54) is 5.56 Å². The van der Waals surface area contributed by atoms with Gasteiger partial charge in [-0.2, -0.15) is 0 Å². The summed E-state index contributed by atoms with van der Waals surface area (Å²) in [6.45, 7) is 6.41. The SMILES string of the molecule is Cc1[nH]c2ccc(C(C)C)cc2c1-c1cc(N)no1. The molecule has 2 heterocycles. The lowest BCUT2D eigenvalue weighted by Crippen LogP contribution is -1.86. The second kappa shape index (κ2) is 4.16. The molecular formula is C15H17N3O. The van der Waals surface area contributed by atoms with E-state index in [2.05, 4.69) is 42.2 Å². The number of anilines is 1. The van der Waals surface area contributed by atoms with Gasteiger partial charge in [0.15, 0.2) is 11.6 Å². The molecule has 0 saturated carbocycles. The van der Waals surface area contributed by atoms with E-state index >= 15 is 0 Å². The number of hydrogen-bond acceptors (Lipinski definition) is 3. The van der Waals surface area contributed by atoms with Gasteiger partial charge < -0.3 is 15.2 Å². The van der Waals surface area contributed by atoms with Gasteiger partial charge in [-0.05, 0) is 30.5 Å². The maximum Gasteiger partial charge on any atom is 0.171 e. The number of nitrogens with zero attached hydrogens (tertiary/aromatic N) is 1. The van der Waals surface area contributed by atoms with Crippen molar-refractivity contribution < 1.29 is 4.52 Å². The van der Waals surface area contributed by atoms with Crippen LogP contribution in [0.25, 0.3) is 22.2 Å². The molecule has 0 fully saturated rings. The van der Waals surface area contributed by atoms with Crippen LogP contribution >= 0.6 is 0 Å². The molecule has 3 aromatic rings. The first-order valence-electron chi connectivity index (χ1n) is 6.41. The summed E-state index contributed by atoms with van der Waals surface area (Å²) in [5.74, 6) is 1.61. The molecule has 0 amide bonds. The summed E-state index contributed by atoms with van der Waals surface area (Å²) in [6.07, 6.45) is 0. The lowest BCUT2D eigenvalue weighted by atomic mass is 9.99. The predicted octanol–water partition coefficient (Wildman–Crippen LogP) is 3.84. The highest BCUT2D eigenvalue weighted by Gasteiger charge is 2.15. The van der Waals surface area contributed by atoms with Gasteiger partial charge in [0.25, 0.3) is 0 Å². The number of aromatic nitrogens is 2. The van der Waals surface area contributed by atoms with Crippen LogP contribution in [-0.4, -0.2) is 10.1 Å². The topological polar surface area (TPSA) is 67.8 Å². The molecular weight excluding hydrogens is 238 g/mol. The van der Waals surface area contributed by atoms with Crippen LogP contribution in [0.2, 0.25) is 0 Å². The molecule has 0 radical (unpaired) electrons. The Morgan fingerprint density at radius 1 is 1.26 bits per heavy atom. The molecule has 98 valence electrons. The van der Waals surface area contributed by atoms with E-state index in [-0.39, 0.29) is 0 Å². The lowest BCUT2D eigenvalue weighted by molar-refractivity contribution is 0.436. The zero-order chi connectivity index (χ0) is 13.6. The molecule has 0 aliphatic carbocycles. The molecule has 0 aliphatic heterocycles. The Balaban J connectivity index is 2.28. The summed E-state index contributed by atoms with van der Waals surface area (Å²) in [6, 6.07) is 8.23. The van der Waals surface area contributed by atoms with Crippen LogP contribution in [0.3, 0.4) is 0 Å². The minimum Gasteiger partial charge on any atom is -0.381 e. The fourth-order valence-electron chi connectivity index (χ4n) is 2.43. The van der Waals surface area contributed by atoms with Crippen molar-refractivity contribution in [1.82, 2.24) is 10.1 Å². The third-order valence-corrected chi connectivity index (χ3v) is 3.45. The average Bonchev–Trinajstić information content (AvgIpc) is 2.90. The Kier molecular flexibility index (Phi) is 2.59. The van der Waals surface area contributed by atoms with Crippen molar-refractivity contribution in [2.24, 2.45) is 0 Å². The second-order valence-electron chi connectivity index (χ2n) is 5.20. The fourth-order valence-corrected chi connectivity index (χ4v) is 2.43. The molecule has 4 nitrogen and oxygen atoms in total. The molecule has 0 atom stereocenters. The Bertz CT molecular complexity index is 737. The average molecular weight is 255 g/mol. The first-order valence-corrected chi connectivity index (χ1v) is 6.41. The van der Waals surface area contributed by atoms with Gasteiger partial charge in [-0.1, -0.05) is 25.1 Å². The van der Waals surface area contributed by atoms with Crippen LogP contribution in [0.1, 0.15) is 31.0 Å². The van der Waals surface area contributed by atoms with Gasteiger partial charge in [-0.25, -0.2) is 0 Å². The molecule has 1 aromatic carbocycles. The standard InChI is InChI=1S/C15H17N3O/c1-8(2)10-4-5-12-11(6-10)15(9(3)17-12)13-7-14(16)18-19-13/h4-8,17H,1-3H3,(H2,16,18). The first kappa shape index (κ1) is 11.8. The fraction of sp³-hybridized carbons (Fsp3) is 0.267. The molecule has 0 saturated heterocycles. The summed E-state index contributed by atoms with van der Waals surface area (Å²) in [5, 5.41) is 4.92. The van der Waals surface area contributed by atoms with Crippen molar-refractivity contribution in [3.8, 4) is 11.3 Å². The van der Waals surface area contributed by atoms with Gasteiger partial charge >= 0.3 is 0 Å². The number of nitrogens with two attached hydrogens (primary N) is 1. The molecule has 0 unspecified atom stereocenters. The number of hydrogen-bond donors (Lipinski definition) is 2. The predicted molar refractivity (Wildman–Crippen MR) is 77.0 cm³/mol. The van der Waals surface area contributed by atoms with Crippen LogP contribution in [0.5, 0.6) is 0 Å². The van der Waals surface area contributed by atoms with Gasteiger partial charge in [-0.3, -0.25) is 0 Å². The van der Waals surface area contributed by atoms with Crippen molar-refractivity contribution in [1.29, 1.82) is 0 Å². The monoisotopic (exact) mass is 255 g/mol. The van der Waals surface area contributed by atoms with Gasteiger partial charge in [0, 0.05) is 28.2 Å². The molecule has 19 heavy (non-hydrogen) atoms. The van der Waals surface area contributed by atoms with E-state index in [4.69, 9.17) is 10.3 Å². The van der Waals surface area contributed by atoms with Crippen LogP contribution < -0.4 is 5.73 Å². The molecule has 3 rings (SSSR count). The first-order chi connectivity index (χ1) is 9.06. The summed E-state index contributed by atoms with van der Waals surface area (Å²) >= 11 is 0. The summed E-state index contributed by atoms with van der Waals surface area (Å²) in [5.41, 5.74) is 10.2. The highest BCUT2D eigenvalue weighted by atomic mass is 16.5. The smallest absolute Gasteiger partial charge is 0.171 e. The van der Waals surface area contributed by atoms with Crippen LogP contribution in [0, 0.1) is 6.92 Å². The van der Waals surface area contributed by atoms with Crippen molar-refractivity contribution in [3.63, 3.8) is 0 Å². The van der Waals surface area contributed by atoms with Crippen LogP contribution in [-0.2, 0) is 0 Å². The summed E-state index contributed by atoms with van der Waals surface area (Å²) in [4.78, 5) is 3.37. The van der Waals surface area contributed by atoms with E-state index in [1.807, 2.05) is 6.92 Å². The molecule has 2 aromatic heterocycles. The Morgan fingerprint density at radius 2 is 2.05 bits per heavy atom. The van der Waals surface area contributed by atoms with Gasteiger partial charge in [-0.15, -0.1) is 0 Å². The number of rotatable bonds is 2. The quantitative estimate of drug-likeness (QED) is 0.731. The Labute approximate surface area is 111 Å². The maximum absolute atomic E-state index is 5.64.